The quantitative estimate of drug-likeness (QED) is 0.608. The van der Waals surface area contributed by atoms with Gasteiger partial charge in [-0.3, -0.25) is 4.90 Å². The molecule has 3 N–H and O–H groups in total. The van der Waals surface area contributed by atoms with Crippen LogP contribution in [0.4, 0.5) is 4.79 Å². The molecule has 4 rings (SSSR count). The number of likely N-dealkylation sites (tertiary alicyclic amines) is 1. The smallest absolute Gasteiger partial charge is 0.410 e. The lowest BCUT2D eigenvalue weighted by molar-refractivity contribution is -0.247. The second kappa shape index (κ2) is 9.24. The van der Waals surface area contributed by atoms with Crippen molar-refractivity contribution < 1.29 is 39.1 Å². The number of fused-ring (bicyclic) bond motifs is 2. The number of benzene rings is 1. The summed E-state index contributed by atoms with van der Waals surface area (Å²) < 4.78 is 23.0. The Bertz CT molecular complexity index is 784. The van der Waals surface area contributed by atoms with Crippen LogP contribution < -0.4 is 0 Å². The van der Waals surface area contributed by atoms with Crippen LogP contribution in [0.2, 0.25) is 0 Å². The molecule has 32 heavy (non-hydrogen) atoms. The molecule has 9 heteroatoms. The van der Waals surface area contributed by atoms with E-state index in [4.69, 9.17) is 18.9 Å². The fourth-order valence-corrected chi connectivity index (χ4v) is 4.72. The molecule has 0 radical (unpaired) electrons. The largest absolute Gasteiger partial charge is 0.444 e. The summed E-state index contributed by atoms with van der Waals surface area (Å²) in [6.45, 7) is 5.77. The summed E-state index contributed by atoms with van der Waals surface area (Å²) >= 11 is 0. The van der Waals surface area contributed by atoms with Gasteiger partial charge in [-0.2, -0.15) is 0 Å². The molecule has 0 aromatic heterocycles. The van der Waals surface area contributed by atoms with Crippen LogP contribution in [0.1, 0.15) is 32.8 Å². The monoisotopic (exact) mass is 451 g/mol. The van der Waals surface area contributed by atoms with Crippen molar-refractivity contribution in [2.75, 3.05) is 13.2 Å². The van der Waals surface area contributed by atoms with Gasteiger partial charge in [0.15, 0.2) is 6.29 Å². The van der Waals surface area contributed by atoms with Gasteiger partial charge < -0.3 is 34.3 Å². The third kappa shape index (κ3) is 4.93. The van der Waals surface area contributed by atoms with Crippen LogP contribution in [0.15, 0.2) is 30.3 Å². The van der Waals surface area contributed by atoms with Crippen molar-refractivity contribution in [1.82, 2.24) is 4.90 Å². The van der Waals surface area contributed by atoms with Crippen LogP contribution >= 0.6 is 0 Å². The summed E-state index contributed by atoms with van der Waals surface area (Å²) in [5.74, 6) is -0.773. The second-order valence-electron chi connectivity index (χ2n) is 9.79. The van der Waals surface area contributed by atoms with Gasteiger partial charge in [0.2, 0.25) is 0 Å². The highest BCUT2D eigenvalue weighted by molar-refractivity contribution is 5.69. The fourth-order valence-electron chi connectivity index (χ4n) is 4.72. The number of nitrogens with zero attached hydrogens (tertiary/aromatic N) is 1. The summed E-state index contributed by atoms with van der Waals surface area (Å²) in [7, 11) is 0. The van der Waals surface area contributed by atoms with Crippen molar-refractivity contribution in [3.05, 3.63) is 35.9 Å². The predicted octanol–water partition coefficient (Wildman–Crippen LogP) is 1.04. The molecule has 0 aliphatic carbocycles. The van der Waals surface area contributed by atoms with Gasteiger partial charge in [-0.25, -0.2) is 4.79 Å². The van der Waals surface area contributed by atoms with Crippen molar-refractivity contribution in [1.29, 1.82) is 0 Å². The molecule has 1 aromatic carbocycles. The molecular formula is C23H33NO8. The summed E-state index contributed by atoms with van der Waals surface area (Å²) in [6, 6.07) is 8.81. The van der Waals surface area contributed by atoms with Crippen LogP contribution in [0.3, 0.4) is 0 Å². The van der Waals surface area contributed by atoms with Gasteiger partial charge in [0.25, 0.3) is 0 Å². The van der Waals surface area contributed by atoms with E-state index in [9.17, 15) is 20.1 Å². The molecule has 3 saturated heterocycles. The van der Waals surface area contributed by atoms with E-state index in [2.05, 4.69) is 0 Å². The van der Waals surface area contributed by atoms with Crippen molar-refractivity contribution in [3.63, 3.8) is 0 Å². The number of β-amino-alcohol motifs (C(OH)–C–C–N with tert-alkyl or cyclic N) is 1. The van der Waals surface area contributed by atoms with Gasteiger partial charge in [-0.15, -0.1) is 0 Å². The second-order valence-corrected chi connectivity index (χ2v) is 9.79. The minimum atomic E-state index is -1.17. The number of ether oxygens (including phenoxy) is 4. The first-order valence-corrected chi connectivity index (χ1v) is 11.1. The lowest BCUT2D eigenvalue weighted by atomic mass is 9.81. The zero-order chi connectivity index (χ0) is 23.0. The summed E-state index contributed by atoms with van der Waals surface area (Å²) in [5.41, 5.74) is 0.217. The Morgan fingerprint density at radius 3 is 2.66 bits per heavy atom. The van der Waals surface area contributed by atoms with E-state index in [1.54, 1.807) is 20.8 Å². The van der Waals surface area contributed by atoms with E-state index in [0.29, 0.717) is 0 Å². The van der Waals surface area contributed by atoms with Gasteiger partial charge in [-0.05, 0) is 32.8 Å². The molecule has 3 fully saturated rings. The molecule has 178 valence electrons. The normalized spacial score (nSPS) is 35.7. The lowest BCUT2D eigenvalue weighted by Crippen LogP contribution is -2.59. The van der Waals surface area contributed by atoms with Crippen LogP contribution in [0.25, 0.3) is 0 Å². The molecule has 2 bridgehead atoms. The number of hydrogen-bond acceptors (Lipinski definition) is 8. The van der Waals surface area contributed by atoms with E-state index >= 15 is 0 Å². The molecule has 3 heterocycles. The molecule has 8 atom stereocenters. The Morgan fingerprint density at radius 2 is 1.97 bits per heavy atom. The van der Waals surface area contributed by atoms with Gasteiger partial charge >= 0.3 is 6.09 Å². The third-order valence-corrected chi connectivity index (χ3v) is 6.18. The number of carbonyl (C=O) groups is 1. The average Bonchev–Trinajstić information content (AvgIpc) is 3.34. The molecular weight excluding hydrogens is 418 g/mol. The van der Waals surface area contributed by atoms with Crippen molar-refractivity contribution >= 4 is 6.09 Å². The standard InChI is InChI=1S/C23H33NO8/c1-23(2,3)32-22(28)24-10-14(25)9-15(24)18(26)17-19(27)16-12-30-21(31-16)20(17)29-11-13-7-5-4-6-8-13/h4-8,14-21,25-27H,9-12H2,1-3H3/t14-,15+,16-,17+,18+,19-,20-,21+/m1/s1. The SMILES string of the molecule is CC(C)(C)OC(=O)N1C[C@H](O)C[C@H]1[C@H](O)[C@H]1[C@H](O)[C@H]2CO[C@@H](O2)[C@@H]1OCc1ccccc1. The van der Waals surface area contributed by atoms with E-state index in [1.807, 2.05) is 30.3 Å². The number of aliphatic hydroxyl groups excluding tert-OH is 3. The Kier molecular flexibility index (Phi) is 6.76. The summed E-state index contributed by atoms with van der Waals surface area (Å²) in [4.78, 5) is 14.1. The van der Waals surface area contributed by atoms with E-state index < -0.39 is 60.5 Å². The number of rotatable bonds is 5. The van der Waals surface area contributed by atoms with Gasteiger partial charge in [-0.1, -0.05) is 30.3 Å². The highest BCUT2D eigenvalue weighted by Gasteiger charge is 2.56. The van der Waals surface area contributed by atoms with E-state index in [1.165, 1.54) is 4.90 Å². The van der Waals surface area contributed by atoms with E-state index in [-0.39, 0.29) is 26.2 Å². The van der Waals surface area contributed by atoms with Gasteiger partial charge in [0.1, 0.15) is 17.8 Å². The number of amides is 1. The first-order chi connectivity index (χ1) is 15.1. The molecule has 0 unspecified atom stereocenters. The van der Waals surface area contributed by atoms with Crippen LogP contribution in [-0.4, -0.2) is 87.9 Å². The highest BCUT2D eigenvalue weighted by atomic mass is 16.7. The number of hydrogen-bond donors (Lipinski definition) is 3. The van der Waals surface area contributed by atoms with Gasteiger partial charge in [0, 0.05) is 5.92 Å². The molecule has 3 aliphatic heterocycles. The molecule has 1 amide bonds. The lowest BCUT2D eigenvalue weighted by Gasteiger charge is -2.43. The molecule has 9 nitrogen and oxygen atoms in total. The maximum absolute atomic E-state index is 12.8. The average molecular weight is 452 g/mol. The minimum absolute atomic E-state index is 0.0504. The Balaban J connectivity index is 1.54. The Labute approximate surface area is 187 Å². The third-order valence-electron chi connectivity index (χ3n) is 6.18. The van der Waals surface area contributed by atoms with Crippen molar-refractivity contribution in [3.8, 4) is 0 Å². The fraction of sp³-hybridized carbons (Fsp3) is 0.696. The predicted molar refractivity (Wildman–Crippen MR) is 112 cm³/mol. The van der Waals surface area contributed by atoms with Crippen LogP contribution in [0, 0.1) is 5.92 Å². The first-order valence-electron chi connectivity index (χ1n) is 11.1. The maximum atomic E-state index is 12.8. The van der Waals surface area contributed by atoms with Crippen LogP contribution in [-0.2, 0) is 25.6 Å². The zero-order valence-corrected chi connectivity index (χ0v) is 18.7. The number of aliphatic hydroxyl groups is 3. The number of carbonyl (C=O) groups excluding carboxylic acids is 1. The van der Waals surface area contributed by atoms with E-state index in [0.717, 1.165) is 5.56 Å². The zero-order valence-electron chi connectivity index (χ0n) is 18.7. The molecule has 3 aliphatic rings. The van der Waals surface area contributed by atoms with Crippen molar-refractivity contribution in [2.24, 2.45) is 5.92 Å². The van der Waals surface area contributed by atoms with Crippen LogP contribution in [0.5, 0.6) is 0 Å². The summed E-state index contributed by atoms with van der Waals surface area (Å²) in [5, 5.41) is 32.6. The molecule has 0 saturated carbocycles. The summed E-state index contributed by atoms with van der Waals surface area (Å²) in [6.07, 6.45) is -5.53. The first kappa shape index (κ1) is 23.4. The molecule has 1 aromatic rings. The van der Waals surface area contributed by atoms with Gasteiger partial charge in [0.05, 0.1) is 44.1 Å². The topological polar surface area (TPSA) is 118 Å². The Hall–Kier alpha value is -1.75. The maximum Gasteiger partial charge on any atom is 0.410 e. The van der Waals surface area contributed by atoms with Crippen molar-refractivity contribution in [2.45, 2.75) is 82.3 Å². The highest BCUT2D eigenvalue weighted by Crippen LogP contribution is 2.39. The molecule has 0 spiro atoms. The Morgan fingerprint density at radius 1 is 1.25 bits per heavy atom. The minimum Gasteiger partial charge on any atom is -0.444 e.